The summed E-state index contributed by atoms with van der Waals surface area (Å²) >= 11 is 1.52. The van der Waals surface area contributed by atoms with Gasteiger partial charge in [-0.3, -0.25) is 0 Å². The Balaban J connectivity index is 1.53. The molecule has 3 heterocycles. The zero-order chi connectivity index (χ0) is 22.2. The molecule has 1 atom stereocenters. The molecule has 170 valence electrons. The monoisotopic (exact) mass is 454 g/mol. The molecule has 0 spiro atoms. The number of fused-ring (bicyclic) bond motifs is 1. The Hall–Kier alpha value is -2.58. The van der Waals surface area contributed by atoms with E-state index in [4.69, 9.17) is 10.5 Å². The average Bonchev–Trinajstić information content (AvgIpc) is 3.55. The second-order valence-electron chi connectivity index (χ2n) is 8.95. The predicted molar refractivity (Wildman–Crippen MR) is 128 cm³/mol. The number of aliphatic hydroxyl groups is 1. The van der Waals surface area contributed by atoms with Crippen LogP contribution in [0.25, 0.3) is 21.5 Å². The fraction of sp³-hybridized carbons (Fsp3) is 0.500. The molecule has 7 nitrogen and oxygen atoms in total. The lowest BCUT2D eigenvalue weighted by atomic mass is 9.95. The number of carbonyl (C=O) groups excluding carboxylic acids is 1. The molecule has 5 rings (SSSR count). The number of aliphatic hydroxyl groups excluding tert-OH is 1. The van der Waals surface area contributed by atoms with Gasteiger partial charge in [-0.05, 0) is 37.0 Å². The summed E-state index contributed by atoms with van der Waals surface area (Å²) in [6.07, 6.45) is 9.17. The van der Waals surface area contributed by atoms with E-state index in [0.717, 1.165) is 39.4 Å². The number of ether oxygens (including phenoxy) is 1. The Kier molecular flexibility index (Phi) is 5.82. The topological polar surface area (TPSA) is 93.6 Å². The molecule has 1 aliphatic carbocycles. The lowest BCUT2D eigenvalue weighted by Crippen LogP contribution is -2.22. The van der Waals surface area contributed by atoms with Crippen LogP contribution in [0.3, 0.4) is 0 Å². The fourth-order valence-electron chi connectivity index (χ4n) is 5.16. The molecule has 1 aliphatic heterocycles. The number of rotatable bonds is 5. The minimum absolute atomic E-state index is 0.151. The summed E-state index contributed by atoms with van der Waals surface area (Å²) in [7, 11) is 1.38. The number of aromatic nitrogens is 2. The van der Waals surface area contributed by atoms with E-state index >= 15 is 0 Å². The second-order valence-corrected chi connectivity index (χ2v) is 9.95. The van der Waals surface area contributed by atoms with E-state index in [1.807, 2.05) is 6.33 Å². The summed E-state index contributed by atoms with van der Waals surface area (Å²) in [5.41, 5.74) is 10.5. The van der Waals surface area contributed by atoms with Gasteiger partial charge in [0.2, 0.25) is 0 Å². The molecule has 0 radical (unpaired) electrons. The number of hydrogen-bond acceptors (Lipinski definition) is 7. The van der Waals surface area contributed by atoms with Gasteiger partial charge in [-0.2, -0.15) is 0 Å². The molecular formula is C24H30N4O3S. The van der Waals surface area contributed by atoms with Crippen molar-refractivity contribution in [3.63, 3.8) is 0 Å². The van der Waals surface area contributed by atoms with Gasteiger partial charge in [0.15, 0.2) is 0 Å². The maximum Gasteiger partial charge on any atom is 0.343 e. The van der Waals surface area contributed by atoms with E-state index in [2.05, 4.69) is 32.7 Å². The Morgan fingerprint density at radius 3 is 2.81 bits per heavy atom. The van der Waals surface area contributed by atoms with E-state index in [0.29, 0.717) is 23.8 Å². The van der Waals surface area contributed by atoms with Gasteiger partial charge < -0.3 is 25.0 Å². The van der Waals surface area contributed by atoms with Crippen LogP contribution in [0.2, 0.25) is 0 Å². The van der Waals surface area contributed by atoms with Gasteiger partial charge >= 0.3 is 5.97 Å². The Labute approximate surface area is 191 Å². The number of nitrogens with zero attached hydrogens (tertiary/aromatic N) is 3. The number of nitrogens with two attached hydrogens (primary N) is 1. The smallest absolute Gasteiger partial charge is 0.343 e. The maximum absolute atomic E-state index is 12.6. The Morgan fingerprint density at radius 2 is 2.09 bits per heavy atom. The van der Waals surface area contributed by atoms with Crippen molar-refractivity contribution in [3.05, 3.63) is 30.1 Å². The number of hydrogen-bond donors (Lipinski definition) is 2. The average molecular weight is 455 g/mol. The third-order valence-electron chi connectivity index (χ3n) is 6.95. The maximum atomic E-state index is 12.6. The van der Waals surface area contributed by atoms with Crippen LogP contribution in [-0.4, -0.2) is 47.4 Å². The van der Waals surface area contributed by atoms with Crippen LogP contribution in [0, 0.1) is 5.92 Å². The van der Waals surface area contributed by atoms with Gasteiger partial charge in [0.05, 0.1) is 35.0 Å². The number of esters is 1. The summed E-state index contributed by atoms with van der Waals surface area (Å²) in [5, 5.41) is 10.4. The highest BCUT2D eigenvalue weighted by Gasteiger charge is 2.31. The molecule has 0 unspecified atom stereocenters. The van der Waals surface area contributed by atoms with Crippen LogP contribution in [0.5, 0.6) is 0 Å². The second kappa shape index (κ2) is 8.75. The molecule has 0 amide bonds. The summed E-state index contributed by atoms with van der Waals surface area (Å²) in [6, 6.07) is 6.80. The molecule has 1 saturated heterocycles. The number of imidazole rings is 1. The number of benzene rings is 1. The third kappa shape index (κ3) is 3.65. The largest absolute Gasteiger partial charge is 0.465 e. The molecule has 0 bridgehead atoms. The number of thiophene rings is 1. The van der Waals surface area contributed by atoms with Crippen LogP contribution >= 0.6 is 11.3 Å². The summed E-state index contributed by atoms with van der Waals surface area (Å²) in [5.74, 6) is -0.206. The number of nitrogen functional groups attached to an aromatic ring is 1. The highest BCUT2D eigenvalue weighted by molar-refractivity contribution is 7.20. The zero-order valence-electron chi connectivity index (χ0n) is 18.4. The highest BCUT2D eigenvalue weighted by Crippen LogP contribution is 2.46. The van der Waals surface area contributed by atoms with Crippen molar-refractivity contribution in [1.82, 2.24) is 9.55 Å². The summed E-state index contributed by atoms with van der Waals surface area (Å²) in [4.78, 5) is 20.3. The molecule has 2 fully saturated rings. The minimum atomic E-state index is -0.421. The lowest BCUT2D eigenvalue weighted by molar-refractivity contribution is 0.0603. The standard InChI is InChI=1S/C24H30N4O3S/c1-31-24(30)20-21(25)22(32-23(20)27-10-9-15(12-27)13-29)16-7-8-19-18(11-16)26-14-28(19)17-5-3-2-4-6-17/h7-8,11,14-15,17,29H,2-6,9-10,12-13,25H2,1H3/t15-/m1/s1. The zero-order valence-corrected chi connectivity index (χ0v) is 19.2. The fourth-order valence-corrected chi connectivity index (χ4v) is 6.40. The van der Waals surface area contributed by atoms with Gasteiger partial charge in [-0.15, -0.1) is 11.3 Å². The van der Waals surface area contributed by atoms with E-state index in [1.54, 1.807) is 0 Å². The van der Waals surface area contributed by atoms with E-state index in [-0.39, 0.29) is 12.5 Å². The summed E-state index contributed by atoms with van der Waals surface area (Å²) in [6.45, 7) is 1.66. The van der Waals surface area contributed by atoms with Crippen molar-refractivity contribution in [2.45, 2.75) is 44.6 Å². The van der Waals surface area contributed by atoms with Crippen LogP contribution < -0.4 is 10.6 Å². The van der Waals surface area contributed by atoms with E-state index < -0.39 is 5.97 Å². The van der Waals surface area contributed by atoms with Crippen molar-refractivity contribution in [2.75, 3.05) is 37.4 Å². The molecule has 2 aliphatic rings. The first kappa shape index (κ1) is 21.3. The minimum Gasteiger partial charge on any atom is -0.465 e. The molecule has 3 N–H and O–H groups in total. The molecular weight excluding hydrogens is 424 g/mol. The first-order valence-electron chi connectivity index (χ1n) is 11.4. The van der Waals surface area contributed by atoms with Crippen LogP contribution in [0.4, 0.5) is 10.7 Å². The Bertz CT molecular complexity index is 1130. The lowest BCUT2D eigenvalue weighted by Gasteiger charge is -2.23. The van der Waals surface area contributed by atoms with Gasteiger partial charge in [0.25, 0.3) is 0 Å². The van der Waals surface area contributed by atoms with Crippen molar-refractivity contribution in [3.8, 4) is 10.4 Å². The third-order valence-corrected chi connectivity index (χ3v) is 8.27. The van der Waals surface area contributed by atoms with Gasteiger partial charge in [-0.25, -0.2) is 9.78 Å². The first-order valence-corrected chi connectivity index (χ1v) is 12.3. The van der Waals surface area contributed by atoms with Crippen LogP contribution in [0.1, 0.15) is 54.9 Å². The van der Waals surface area contributed by atoms with Crippen LogP contribution in [-0.2, 0) is 4.74 Å². The van der Waals surface area contributed by atoms with Crippen molar-refractivity contribution in [1.29, 1.82) is 0 Å². The van der Waals surface area contributed by atoms with Crippen molar-refractivity contribution in [2.24, 2.45) is 5.92 Å². The van der Waals surface area contributed by atoms with E-state index in [1.165, 1.54) is 50.6 Å². The van der Waals surface area contributed by atoms with Crippen molar-refractivity contribution >= 4 is 39.0 Å². The predicted octanol–water partition coefficient (Wildman–Crippen LogP) is 4.46. The van der Waals surface area contributed by atoms with Gasteiger partial charge in [0, 0.05) is 31.7 Å². The number of anilines is 2. The van der Waals surface area contributed by atoms with E-state index in [9.17, 15) is 9.90 Å². The van der Waals surface area contributed by atoms with Crippen molar-refractivity contribution < 1.29 is 14.6 Å². The first-order chi connectivity index (χ1) is 15.6. The molecule has 1 aromatic carbocycles. The highest BCUT2D eigenvalue weighted by atomic mass is 32.1. The molecule has 8 heteroatoms. The Morgan fingerprint density at radius 1 is 1.28 bits per heavy atom. The molecule has 32 heavy (non-hydrogen) atoms. The summed E-state index contributed by atoms with van der Waals surface area (Å²) < 4.78 is 7.38. The van der Waals surface area contributed by atoms with Gasteiger partial charge in [0.1, 0.15) is 10.6 Å². The van der Waals surface area contributed by atoms with Gasteiger partial charge in [-0.1, -0.05) is 25.3 Å². The quantitative estimate of drug-likeness (QED) is 0.553. The SMILES string of the molecule is COC(=O)c1c(N2CC[C@@H](CO)C2)sc(-c2ccc3c(c2)ncn3C2CCCCC2)c1N. The molecule has 1 saturated carbocycles. The molecule has 2 aromatic heterocycles. The number of carbonyl (C=O) groups is 1. The normalized spacial score (nSPS) is 19.7. The number of methoxy groups -OCH3 is 1. The molecule has 3 aromatic rings. The van der Waals surface area contributed by atoms with Crippen LogP contribution in [0.15, 0.2) is 24.5 Å².